The van der Waals surface area contributed by atoms with E-state index < -0.39 is 0 Å². The summed E-state index contributed by atoms with van der Waals surface area (Å²) in [5.41, 5.74) is 1.82. The highest BCUT2D eigenvalue weighted by Gasteiger charge is 2.32. The van der Waals surface area contributed by atoms with Crippen LogP contribution < -0.4 is 9.64 Å². The van der Waals surface area contributed by atoms with E-state index in [9.17, 15) is 4.79 Å². The molecule has 0 saturated carbocycles. The number of aryl methyl sites for hydroxylation is 1. The Morgan fingerprint density at radius 2 is 1.90 bits per heavy atom. The number of likely N-dealkylation sites (tertiary alicyclic amines) is 1. The smallest absolute Gasteiger partial charge is 0.227 e. The van der Waals surface area contributed by atoms with Crippen molar-refractivity contribution < 1.29 is 14.3 Å². The number of fused-ring (bicyclic) bond motifs is 1. The Morgan fingerprint density at radius 3 is 2.62 bits per heavy atom. The molecule has 1 atom stereocenters. The summed E-state index contributed by atoms with van der Waals surface area (Å²) in [6.07, 6.45) is 4.04. The standard InChI is InChI=1S/C22H30N4O3/c1-15-19-7-6-18(29-3)13-20(19)24-22(23-15)26-10-4-5-16(14-26)21(27)25-11-8-17(28-2)9-12-25/h6-7,13,16-17H,4-5,8-12,14H2,1-3H3. The van der Waals surface area contributed by atoms with Crippen LogP contribution in [-0.2, 0) is 9.53 Å². The molecule has 0 bridgehead atoms. The molecule has 4 rings (SSSR count). The molecule has 1 amide bonds. The van der Waals surface area contributed by atoms with Crippen LogP contribution in [0.4, 0.5) is 5.95 Å². The second-order valence-electron chi connectivity index (χ2n) is 8.04. The van der Waals surface area contributed by atoms with E-state index in [0.717, 1.165) is 67.7 Å². The van der Waals surface area contributed by atoms with E-state index in [1.54, 1.807) is 14.2 Å². The Morgan fingerprint density at radius 1 is 1.10 bits per heavy atom. The molecule has 2 aliphatic rings. The highest BCUT2D eigenvalue weighted by Crippen LogP contribution is 2.27. The topological polar surface area (TPSA) is 67.8 Å². The number of piperidine rings is 2. The third-order valence-corrected chi connectivity index (χ3v) is 6.22. The molecule has 1 aromatic carbocycles. The van der Waals surface area contributed by atoms with Crippen molar-refractivity contribution in [2.75, 3.05) is 45.3 Å². The van der Waals surface area contributed by atoms with Gasteiger partial charge in [0.15, 0.2) is 0 Å². The van der Waals surface area contributed by atoms with Gasteiger partial charge in [0, 0.05) is 44.7 Å². The van der Waals surface area contributed by atoms with Crippen LogP contribution in [0.15, 0.2) is 18.2 Å². The molecule has 2 fully saturated rings. The summed E-state index contributed by atoms with van der Waals surface area (Å²) >= 11 is 0. The van der Waals surface area contributed by atoms with Crippen LogP contribution in [0.25, 0.3) is 10.9 Å². The molecule has 0 N–H and O–H groups in total. The van der Waals surface area contributed by atoms with E-state index in [1.165, 1.54) is 0 Å². The van der Waals surface area contributed by atoms with Crippen LogP contribution in [0, 0.1) is 12.8 Å². The van der Waals surface area contributed by atoms with E-state index in [1.807, 2.05) is 30.0 Å². The van der Waals surface area contributed by atoms with E-state index in [0.29, 0.717) is 12.5 Å². The summed E-state index contributed by atoms with van der Waals surface area (Å²) in [6, 6.07) is 5.88. The molecule has 2 saturated heterocycles. The Bertz CT molecular complexity index is 880. The van der Waals surface area contributed by atoms with Crippen molar-refractivity contribution in [1.82, 2.24) is 14.9 Å². The minimum Gasteiger partial charge on any atom is -0.497 e. The summed E-state index contributed by atoms with van der Waals surface area (Å²) in [6.45, 7) is 5.15. The maximum absolute atomic E-state index is 13.1. The van der Waals surface area contributed by atoms with Crippen molar-refractivity contribution in [2.45, 2.75) is 38.7 Å². The molecule has 0 spiro atoms. The fourth-order valence-electron chi connectivity index (χ4n) is 4.45. The number of rotatable bonds is 4. The number of ether oxygens (including phenoxy) is 2. The molecule has 156 valence electrons. The lowest BCUT2D eigenvalue weighted by Crippen LogP contribution is -2.48. The largest absolute Gasteiger partial charge is 0.497 e. The first kappa shape index (κ1) is 19.9. The number of methoxy groups -OCH3 is 2. The fourth-order valence-corrected chi connectivity index (χ4v) is 4.45. The Kier molecular flexibility index (Phi) is 5.85. The number of benzene rings is 1. The molecule has 7 nitrogen and oxygen atoms in total. The first-order valence-electron chi connectivity index (χ1n) is 10.5. The number of carbonyl (C=O) groups is 1. The number of carbonyl (C=O) groups excluding carboxylic acids is 1. The molecule has 3 heterocycles. The monoisotopic (exact) mass is 398 g/mol. The summed E-state index contributed by atoms with van der Waals surface area (Å²) in [5, 5.41) is 1.03. The summed E-state index contributed by atoms with van der Waals surface area (Å²) < 4.78 is 10.8. The average Bonchev–Trinajstić information content (AvgIpc) is 2.78. The van der Waals surface area contributed by atoms with Gasteiger partial charge in [-0.05, 0) is 44.7 Å². The van der Waals surface area contributed by atoms with E-state index in [4.69, 9.17) is 19.4 Å². The van der Waals surface area contributed by atoms with Gasteiger partial charge in [0.25, 0.3) is 0 Å². The third-order valence-electron chi connectivity index (χ3n) is 6.22. The number of hydrogen-bond donors (Lipinski definition) is 0. The number of anilines is 1. The summed E-state index contributed by atoms with van der Waals surface area (Å²) in [5.74, 6) is 1.77. The summed E-state index contributed by atoms with van der Waals surface area (Å²) in [7, 11) is 3.41. The van der Waals surface area contributed by atoms with Gasteiger partial charge in [0.2, 0.25) is 11.9 Å². The molecule has 0 radical (unpaired) electrons. The lowest BCUT2D eigenvalue weighted by Gasteiger charge is -2.37. The third kappa shape index (κ3) is 4.15. The Labute approximate surface area is 172 Å². The van der Waals surface area contributed by atoms with Crippen molar-refractivity contribution in [3.8, 4) is 5.75 Å². The first-order valence-corrected chi connectivity index (χ1v) is 10.5. The molecule has 1 aromatic heterocycles. The van der Waals surface area contributed by atoms with Crippen molar-refractivity contribution in [3.63, 3.8) is 0 Å². The van der Waals surface area contributed by atoms with Gasteiger partial charge in [-0.1, -0.05) is 0 Å². The molecule has 29 heavy (non-hydrogen) atoms. The van der Waals surface area contributed by atoms with Gasteiger partial charge in [-0.2, -0.15) is 0 Å². The van der Waals surface area contributed by atoms with Crippen molar-refractivity contribution in [1.29, 1.82) is 0 Å². The Hall–Kier alpha value is -2.41. The zero-order valence-corrected chi connectivity index (χ0v) is 17.6. The fraction of sp³-hybridized carbons (Fsp3) is 0.591. The SMILES string of the molecule is COc1ccc2c(C)nc(N3CCCC(C(=O)N4CCC(OC)CC4)C3)nc2c1. The maximum atomic E-state index is 13.1. The van der Waals surface area contributed by atoms with Crippen LogP contribution >= 0.6 is 0 Å². The number of aromatic nitrogens is 2. The quantitative estimate of drug-likeness (QED) is 0.789. The van der Waals surface area contributed by atoms with E-state index in [-0.39, 0.29) is 17.9 Å². The zero-order valence-electron chi connectivity index (χ0n) is 17.6. The molecule has 7 heteroatoms. The van der Waals surface area contributed by atoms with Gasteiger partial charge in [-0.3, -0.25) is 4.79 Å². The normalized spacial score (nSPS) is 20.9. The van der Waals surface area contributed by atoms with E-state index >= 15 is 0 Å². The van der Waals surface area contributed by atoms with Gasteiger partial charge in [0.05, 0.1) is 30.3 Å². The van der Waals surface area contributed by atoms with Gasteiger partial charge in [-0.15, -0.1) is 0 Å². The zero-order chi connectivity index (χ0) is 20.4. The molecular weight excluding hydrogens is 368 g/mol. The van der Waals surface area contributed by atoms with Gasteiger partial charge >= 0.3 is 0 Å². The van der Waals surface area contributed by atoms with Crippen LogP contribution in [0.1, 0.15) is 31.4 Å². The average molecular weight is 399 g/mol. The van der Waals surface area contributed by atoms with Gasteiger partial charge in [-0.25, -0.2) is 9.97 Å². The second-order valence-corrected chi connectivity index (χ2v) is 8.04. The molecule has 0 aliphatic carbocycles. The Balaban J connectivity index is 1.50. The van der Waals surface area contributed by atoms with Crippen molar-refractivity contribution >= 4 is 22.8 Å². The van der Waals surface area contributed by atoms with Crippen LogP contribution in [0.2, 0.25) is 0 Å². The minimum absolute atomic E-state index is 0.00718. The van der Waals surface area contributed by atoms with Gasteiger partial charge in [0.1, 0.15) is 5.75 Å². The summed E-state index contributed by atoms with van der Waals surface area (Å²) in [4.78, 5) is 26.8. The first-order chi connectivity index (χ1) is 14.1. The number of amides is 1. The van der Waals surface area contributed by atoms with Gasteiger partial charge < -0.3 is 19.3 Å². The van der Waals surface area contributed by atoms with Crippen LogP contribution in [-0.4, -0.2) is 67.3 Å². The number of nitrogens with zero attached hydrogens (tertiary/aromatic N) is 4. The lowest BCUT2D eigenvalue weighted by molar-refractivity contribution is -0.138. The highest BCUT2D eigenvalue weighted by atomic mass is 16.5. The lowest BCUT2D eigenvalue weighted by atomic mass is 9.95. The van der Waals surface area contributed by atoms with Crippen molar-refractivity contribution in [3.05, 3.63) is 23.9 Å². The minimum atomic E-state index is 0.00718. The molecule has 2 aromatic rings. The predicted octanol–water partition coefficient (Wildman–Crippen LogP) is 2.80. The van der Waals surface area contributed by atoms with Crippen LogP contribution in [0.3, 0.4) is 0 Å². The highest BCUT2D eigenvalue weighted by molar-refractivity contribution is 5.83. The maximum Gasteiger partial charge on any atom is 0.227 e. The molecule has 1 unspecified atom stereocenters. The van der Waals surface area contributed by atoms with E-state index in [2.05, 4.69) is 4.90 Å². The second kappa shape index (κ2) is 8.53. The van der Waals surface area contributed by atoms with Crippen molar-refractivity contribution in [2.24, 2.45) is 5.92 Å². The predicted molar refractivity (Wildman–Crippen MR) is 112 cm³/mol. The number of hydrogen-bond acceptors (Lipinski definition) is 6. The molecular formula is C22H30N4O3. The molecule has 2 aliphatic heterocycles. The van der Waals surface area contributed by atoms with Crippen LogP contribution in [0.5, 0.6) is 5.75 Å².